The second-order valence-electron chi connectivity index (χ2n) is 5.70. The lowest BCUT2D eigenvalue weighted by Gasteiger charge is -2.41. The van der Waals surface area contributed by atoms with E-state index in [2.05, 4.69) is 36.5 Å². The largest absolute Gasteiger partial charge is 0.342 e. The van der Waals surface area contributed by atoms with Gasteiger partial charge in [0.15, 0.2) is 0 Å². The third-order valence-electron chi connectivity index (χ3n) is 4.11. The average molecular weight is 260 g/mol. The number of carbonyl (C=O) groups excluding carboxylic acids is 1. The molecule has 1 heterocycles. The van der Waals surface area contributed by atoms with Crippen LogP contribution in [-0.2, 0) is 10.2 Å². The SMILES string of the molecule is CNCCC(=O)N1CCCC(C)(c2ccccc2)C1. The molecule has 1 N–H and O–H groups in total. The number of rotatable bonds is 4. The van der Waals surface area contributed by atoms with Gasteiger partial charge in [-0.1, -0.05) is 37.3 Å². The van der Waals surface area contributed by atoms with Crippen LogP contribution in [0.25, 0.3) is 0 Å². The first-order valence-electron chi connectivity index (χ1n) is 7.14. The molecule has 1 unspecified atom stereocenters. The average Bonchev–Trinajstić information content (AvgIpc) is 2.46. The van der Waals surface area contributed by atoms with Crippen LogP contribution < -0.4 is 5.32 Å². The molecule has 3 nitrogen and oxygen atoms in total. The van der Waals surface area contributed by atoms with Crippen molar-refractivity contribution in [1.29, 1.82) is 0 Å². The molecule has 0 bridgehead atoms. The standard InChI is InChI=1S/C16H24N2O/c1-16(14-7-4-3-5-8-14)10-6-12-18(13-16)15(19)9-11-17-2/h3-5,7-8,17H,6,9-13H2,1-2H3. The third kappa shape index (κ3) is 3.35. The molecule has 3 heteroatoms. The van der Waals surface area contributed by atoms with E-state index in [0.717, 1.165) is 32.5 Å². The fourth-order valence-electron chi connectivity index (χ4n) is 2.92. The number of benzene rings is 1. The van der Waals surface area contributed by atoms with Crippen LogP contribution in [0.1, 0.15) is 31.7 Å². The summed E-state index contributed by atoms with van der Waals surface area (Å²) in [6, 6.07) is 10.6. The lowest BCUT2D eigenvalue weighted by atomic mass is 9.76. The first kappa shape index (κ1) is 14.1. The van der Waals surface area contributed by atoms with Crippen LogP contribution in [0.5, 0.6) is 0 Å². The fraction of sp³-hybridized carbons (Fsp3) is 0.562. The number of nitrogens with zero attached hydrogens (tertiary/aromatic N) is 1. The molecule has 1 aromatic carbocycles. The maximum Gasteiger partial charge on any atom is 0.223 e. The molecule has 1 atom stereocenters. The highest BCUT2D eigenvalue weighted by Gasteiger charge is 2.34. The van der Waals surface area contributed by atoms with Crippen LogP contribution in [0.4, 0.5) is 0 Å². The Morgan fingerprint density at radius 1 is 1.37 bits per heavy atom. The van der Waals surface area contributed by atoms with Gasteiger partial charge in [-0.3, -0.25) is 4.79 Å². The lowest BCUT2D eigenvalue weighted by molar-refractivity contribution is -0.133. The zero-order valence-corrected chi connectivity index (χ0v) is 12.0. The molecule has 1 fully saturated rings. The summed E-state index contributed by atoms with van der Waals surface area (Å²) >= 11 is 0. The van der Waals surface area contributed by atoms with Crippen LogP contribution in [0.2, 0.25) is 0 Å². The van der Waals surface area contributed by atoms with E-state index in [-0.39, 0.29) is 11.3 Å². The molecule has 0 aromatic heterocycles. The van der Waals surface area contributed by atoms with Crippen LogP contribution in [0, 0.1) is 0 Å². The predicted molar refractivity (Wildman–Crippen MR) is 78.2 cm³/mol. The van der Waals surface area contributed by atoms with E-state index in [1.165, 1.54) is 5.56 Å². The molecule has 0 radical (unpaired) electrons. The first-order valence-corrected chi connectivity index (χ1v) is 7.14. The van der Waals surface area contributed by atoms with E-state index in [1.54, 1.807) is 0 Å². The van der Waals surface area contributed by atoms with Gasteiger partial charge in [0.2, 0.25) is 5.91 Å². The Bertz CT molecular complexity index is 418. The number of hydrogen-bond acceptors (Lipinski definition) is 2. The lowest BCUT2D eigenvalue weighted by Crippen LogP contribution is -2.47. The van der Waals surface area contributed by atoms with E-state index in [4.69, 9.17) is 0 Å². The minimum Gasteiger partial charge on any atom is -0.342 e. The van der Waals surface area contributed by atoms with Crippen LogP contribution in [0.3, 0.4) is 0 Å². The number of piperidine rings is 1. The van der Waals surface area contributed by atoms with E-state index in [1.807, 2.05) is 18.0 Å². The van der Waals surface area contributed by atoms with E-state index >= 15 is 0 Å². The monoisotopic (exact) mass is 260 g/mol. The van der Waals surface area contributed by atoms with Crippen molar-refractivity contribution >= 4 is 5.91 Å². The van der Waals surface area contributed by atoms with Gasteiger partial charge in [-0.05, 0) is 25.5 Å². The van der Waals surface area contributed by atoms with E-state index < -0.39 is 0 Å². The number of amides is 1. The topological polar surface area (TPSA) is 32.3 Å². The molecule has 1 aliphatic rings. The maximum absolute atomic E-state index is 12.2. The van der Waals surface area contributed by atoms with Gasteiger partial charge in [-0.25, -0.2) is 0 Å². The number of nitrogens with one attached hydrogen (secondary N) is 1. The highest BCUT2D eigenvalue weighted by atomic mass is 16.2. The Morgan fingerprint density at radius 3 is 2.79 bits per heavy atom. The van der Waals surface area contributed by atoms with Crippen molar-refractivity contribution in [1.82, 2.24) is 10.2 Å². The molecule has 1 saturated heterocycles. The summed E-state index contributed by atoms with van der Waals surface area (Å²) in [5, 5.41) is 3.04. The second kappa shape index (κ2) is 6.20. The third-order valence-corrected chi connectivity index (χ3v) is 4.11. The van der Waals surface area contributed by atoms with Gasteiger partial charge in [-0.15, -0.1) is 0 Å². The van der Waals surface area contributed by atoms with Crippen molar-refractivity contribution in [2.75, 3.05) is 26.7 Å². The molecule has 1 amide bonds. The van der Waals surface area contributed by atoms with Crippen LogP contribution >= 0.6 is 0 Å². The summed E-state index contributed by atoms with van der Waals surface area (Å²) < 4.78 is 0. The van der Waals surface area contributed by atoms with E-state index in [0.29, 0.717) is 6.42 Å². The summed E-state index contributed by atoms with van der Waals surface area (Å²) in [6.07, 6.45) is 2.85. The Balaban J connectivity index is 2.06. The predicted octanol–water partition coefficient (Wildman–Crippen LogP) is 2.18. The molecule has 19 heavy (non-hydrogen) atoms. The Kier molecular flexibility index (Phi) is 4.59. The van der Waals surface area contributed by atoms with E-state index in [9.17, 15) is 4.79 Å². The van der Waals surface area contributed by atoms with Crippen molar-refractivity contribution < 1.29 is 4.79 Å². The number of carbonyl (C=O) groups is 1. The molecule has 0 aliphatic carbocycles. The number of hydrogen-bond donors (Lipinski definition) is 1. The quantitative estimate of drug-likeness (QED) is 0.900. The summed E-state index contributed by atoms with van der Waals surface area (Å²) in [5.74, 6) is 0.274. The molecular weight excluding hydrogens is 236 g/mol. The highest BCUT2D eigenvalue weighted by molar-refractivity contribution is 5.76. The molecule has 2 rings (SSSR count). The highest BCUT2D eigenvalue weighted by Crippen LogP contribution is 2.33. The second-order valence-corrected chi connectivity index (χ2v) is 5.70. The summed E-state index contributed by atoms with van der Waals surface area (Å²) in [6.45, 7) is 4.79. The summed E-state index contributed by atoms with van der Waals surface area (Å²) in [7, 11) is 1.89. The van der Waals surface area contributed by atoms with Gasteiger partial charge >= 0.3 is 0 Å². The zero-order valence-electron chi connectivity index (χ0n) is 12.0. The van der Waals surface area contributed by atoms with Crippen molar-refractivity contribution in [3.63, 3.8) is 0 Å². The molecule has 1 aromatic rings. The van der Waals surface area contributed by atoms with Crippen molar-refractivity contribution in [3.05, 3.63) is 35.9 Å². The normalized spacial score (nSPS) is 23.4. The molecule has 104 valence electrons. The van der Waals surface area contributed by atoms with Gasteiger partial charge in [0.1, 0.15) is 0 Å². The number of likely N-dealkylation sites (tertiary alicyclic amines) is 1. The summed E-state index contributed by atoms with van der Waals surface area (Å²) in [4.78, 5) is 14.2. The fourth-order valence-corrected chi connectivity index (χ4v) is 2.92. The van der Waals surface area contributed by atoms with Crippen molar-refractivity contribution in [3.8, 4) is 0 Å². The first-order chi connectivity index (χ1) is 9.15. The molecular formula is C16H24N2O. The molecule has 0 spiro atoms. The van der Waals surface area contributed by atoms with Crippen molar-refractivity contribution in [2.45, 2.75) is 31.6 Å². The molecule has 0 saturated carbocycles. The smallest absolute Gasteiger partial charge is 0.223 e. The van der Waals surface area contributed by atoms with Crippen LogP contribution in [0.15, 0.2) is 30.3 Å². The Labute approximate surface area is 116 Å². The van der Waals surface area contributed by atoms with Crippen molar-refractivity contribution in [2.24, 2.45) is 0 Å². The maximum atomic E-state index is 12.2. The van der Waals surface area contributed by atoms with Gasteiger partial charge < -0.3 is 10.2 Å². The summed E-state index contributed by atoms with van der Waals surface area (Å²) in [5.41, 5.74) is 1.45. The van der Waals surface area contributed by atoms with Gasteiger partial charge in [-0.2, -0.15) is 0 Å². The van der Waals surface area contributed by atoms with Gasteiger partial charge in [0, 0.05) is 31.5 Å². The zero-order chi connectivity index (χ0) is 13.7. The minimum absolute atomic E-state index is 0.106. The molecule has 1 aliphatic heterocycles. The Morgan fingerprint density at radius 2 is 2.11 bits per heavy atom. The van der Waals surface area contributed by atoms with Gasteiger partial charge in [0.25, 0.3) is 0 Å². The van der Waals surface area contributed by atoms with Gasteiger partial charge in [0.05, 0.1) is 0 Å². The Hall–Kier alpha value is -1.35. The minimum atomic E-state index is 0.106. The van der Waals surface area contributed by atoms with Crippen LogP contribution in [-0.4, -0.2) is 37.5 Å².